The van der Waals surface area contributed by atoms with Gasteiger partial charge in [-0.1, -0.05) is 18.0 Å². The van der Waals surface area contributed by atoms with Crippen molar-refractivity contribution >= 4 is 17.5 Å². The largest absolute Gasteiger partial charge is 0.479 e. The highest BCUT2D eigenvalue weighted by atomic mass is 35.5. The minimum absolute atomic E-state index is 0.136. The Labute approximate surface area is 150 Å². The van der Waals surface area contributed by atoms with E-state index in [1.807, 2.05) is 0 Å². The second-order valence-corrected chi connectivity index (χ2v) is 6.65. The van der Waals surface area contributed by atoms with Gasteiger partial charge < -0.3 is 10.1 Å². The molecule has 0 aliphatic heterocycles. The molecule has 0 bridgehead atoms. The van der Waals surface area contributed by atoms with Crippen molar-refractivity contribution in [3.05, 3.63) is 46.0 Å². The van der Waals surface area contributed by atoms with E-state index in [4.69, 9.17) is 16.3 Å². The molecular formula is C18H21ClFN3O2. The molecule has 7 heteroatoms. The molecule has 1 aliphatic carbocycles. The molecule has 3 rings (SSSR count). The van der Waals surface area contributed by atoms with E-state index in [2.05, 4.69) is 15.5 Å². The van der Waals surface area contributed by atoms with Crippen LogP contribution in [0.25, 0.3) is 0 Å². The lowest BCUT2D eigenvalue weighted by molar-refractivity contribution is -0.127. The topological polar surface area (TPSA) is 67.0 Å². The van der Waals surface area contributed by atoms with Crippen molar-refractivity contribution in [2.24, 2.45) is 0 Å². The summed E-state index contributed by atoms with van der Waals surface area (Å²) >= 11 is 5.92. The Morgan fingerprint density at radius 2 is 2.20 bits per heavy atom. The van der Waals surface area contributed by atoms with Crippen LogP contribution in [0.5, 0.6) is 5.75 Å². The van der Waals surface area contributed by atoms with Crippen molar-refractivity contribution < 1.29 is 13.9 Å². The van der Waals surface area contributed by atoms with Gasteiger partial charge in [0.25, 0.3) is 5.91 Å². The van der Waals surface area contributed by atoms with Gasteiger partial charge in [-0.3, -0.25) is 9.89 Å². The van der Waals surface area contributed by atoms with Gasteiger partial charge in [-0.25, -0.2) is 4.39 Å². The Bertz CT molecular complexity index is 763. The average Bonchev–Trinajstić information content (AvgIpc) is 2.81. The van der Waals surface area contributed by atoms with E-state index in [-0.39, 0.29) is 16.7 Å². The van der Waals surface area contributed by atoms with Gasteiger partial charge in [0.15, 0.2) is 6.10 Å². The Kier molecular flexibility index (Phi) is 5.58. The molecule has 134 valence electrons. The number of aromatic amines is 1. The summed E-state index contributed by atoms with van der Waals surface area (Å²) in [6.07, 6.45) is 4.80. The number of aryl methyl sites for hydroxylation is 1. The molecule has 1 amide bonds. The zero-order chi connectivity index (χ0) is 17.8. The number of carbonyl (C=O) groups excluding carboxylic acids is 1. The molecule has 2 aromatic rings. The van der Waals surface area contributed by atoms with Crippen LogP contribution in [0.3, 0.4) is 0 Å². The first-order valence-electron chi connectivity index (χ1n) is 8.49. The number of fused-ring (bicyclic) bond motifs is 1. The lowest BCUT2D eigenvalue weighted by Gasteiger charge is -2.15. The number of ether oxygens (including phenoxy) is 1. The summed E-state index contributed by atoms with van der Waals surface area (Å²) in [6, 6.07) is 3.81. The van der Waals surface area contributed by atoms with Crippen molar-refractivity contribution in [1.82, 2.24) is 15.5 Å². The molecule has 1 aromatic heterocycles. The Balaban J connectivity index is 1.58. The lowest BCUT2D eigenvalue weighted by atomic mass is 10.1. The second-order valence-electron chi connectivity index (χ2n) is 6.24. The number of aromatic nitrogens is 2. The van der Waals surface area contributed by atoms with E-state index < -0.39 is 11.9 Å². The summed E-state index contributed by atoms with van der Waals surface area (Å²) in [5, 5.41) is 10.4. The first-order chi connectivity index (χ1) is 12.0. The third-order valence-electron chi connectivity index (χ3n) is 4.39. The minimum atomic E-state index is -0.750. The molecule has 0 saturated heterocycles. The van der Waals surface area contributed by atoms with E-state index in [9.17, 15) is 9.18 Å². The third kappa shape index (κ3) is 4.31. The summed E-state index contributed by atoms with van der Waals surface area (Å²) in [6.45, 7) is 1.98. The monoisotopic (exact) mass is 365 g/mol. The summed E-state index contributed by atoms with van der Waals surface area (Å²) in [5.74, 6) is -0.446. The van der Waals surface area contributed by atoms with E-state index in [1.165, 1.54) is 36.2 Å². The zero-order valence-corrected chi connectivity index (χ0v) is 14.8. The second kappa shape index (κ2) is 7.87. The van der Waals surface area contributed by atoms with E-state index in [1.54, 1.807) is 6.92 Å². The fourth-order valence-corrected chi connectivity index (χ4v) is 3.21. The van der Waals surface area contributed by atoms with Gasteiger partial charge in [0.1, 0.15) is 11.6 Å². The molecule has 0 saturated carbocycles. The number of amides is 1. The van der Waals surface area contributed by atoms with E-state index in [0.29, 0.717) is 6.54 Å². The van der Waals surface area contributed by atoms with Crippen LogP contribution in [0.15, 0.2) is 18.2 Å². The number of nitrogens with one attached hydrogen (secondary N) is 2. The highest BCUT2D eigenvalue weighted by Gasteiger charge is 2.19. The maximum absolute atomic E-state index is 13.1. The number of hydrogen-bond donors (Lipinski definition) is 2. The average molecular weight is 366 g/mol. The van der Waals surface area contributed by atoms with E-state index >= 15 is 0 Å². The quantitative estimate of drug-likeness (QED) is 0.796. The van der Waals surface area contributed by atoms with Crippen molar-refractivity contribution in [1.29, 1.82) is 0 Å². The van der Waals surface area contributed by atoms with Gasteiger partial charge in [-0.15, -0.1) is 0 Å². The van der Waals surface area contributed by atoms with Gasteiger partial charge in [0.2, 0.25) is 0 Å². The summed E-state index contributed by atoms with van der Waals surface area (Å²) in [5.41, 5.74) is 3.30. The molecule has 1 aromatic carbocycles. The molecule has 2 N–H and O–H groups in total. The minimum Gasteiger partial charge on any atom is -0.479 e. The normalized spacial score (nSPS) is 15.2. The highest BCUT2D eigenvalue weighted by Crippen LogP contribution is 2.26. The van der Waals surface area contributed by atoms with Gasteiger partial charge in [0.05, 0.1) is 17.3 Å². The molecule has 1 heterocycles. The van der Waals surface area contributed by atoms with Crippen LogP contribution in [0.2, 0.25) is 5.02 Å². The SMILES string of the molecule is CC(Oc1ccc(F)cc1Cl)C(=O)NCc1n[nH]c2c1CCCCC2. The number of H-pyrrole nitrogens is 1. The van der Waals surface area contributed by atoms with Crippen molar-refractivity contribution in [2.75, 3.05) is 0 Å². The molecule has 1 aliphatic rings. The van der Waals surface area contributed by atoms with Gasteiger partial charge in [0, 0.05) is 5.69 Å². The van der Waals surface area contributed by atoms with Crippen LogP contribution in [0.4, 0.5) is 4.39 Å². The van der Waals surface area contributed by atoms with Crippen molar-refractivity contribution in [3.8, 4) is 5.75 Å². The number of rotatable bonds is 5. The van der Waals surface area contributed by atoms with E-state index in [0.717, 1.165) is 31.0 Å². The predicted octanol–water partition coefficient (Wildman–Crippen LogP) is 3.55. The summed E-state index contributed by atoms with van der Waals surface area (Å²) in [4.78, 5) is 12.3. The molecule has 1 atom stereocenters. The van der Waals surface area contributed by atoms with Crippen LogP contribution in [-0.4, -0.2) is 22.2 Å². The molecule has 0 spiro atoms. The molecule has 5 nitrogen and oxygen atoms in total. The van der Waals surface area contributed by atoms with Crippen LogP contribution >= 0.6 is 11.6 Å². The maximum atomic E-state index is 13.1. The molecule has 0 fully saturated rings. The number of benzene rings is 1. The van der Waals surface area contributed by atoms with Crippen LogP contribution in [0, 0.1) is 5.82 Å². The van der Waals surface area contributed by atoms with Crippen LogP contribution in [0.1, 0.15) is 43.1 Å². The van der Waals surface area contributed by atoms with Crippen LogP contribution in [-0.2, 0) is 24.2 Å². The Hall–Kier alpha value is -2.08. The van der Waals surface area contributed by atoms with Gasteiger partial charge >= 0.3 is 0 Å². The zero-order valence-electron chi connectivity index (χ0n) is 14.1. The van der Waals surface area contributed by atoms with Crippen molar-refractivity contribution in [2.45, 2.75) is 51.7 Å². The Morgan fingerprint density at radius 1 is 1.40 bits per heavy atom. The van der Waals surface area contributed by atoms with Crippen molar-refractivity contribution in [3.63, 3.8) is 0 Å². The summed E-state index contributed by atoms with van der Waals surface area (Å²) in [7, 11) is 0. The lowest BCUT2D eigenvalue weighted by Crippen LogP contribution is -2.36. The maximum Gasteiger partial charge on any atom is 0.261 e. The highest BCUT2D eigenvalue weighted by molar-refractivity contribution is 6.32. The standard InChI is InChI=1S/C18H21ClFN3O2/c1-11(25-17-8-7-12(20)9-14(17)19)18(24)21-10-16-13-5-3-2-4-6-15(13)22-23-16/h7-9,11H,2-6,10H2,1H3,(H,21,24)(H,22,23). The van der Waals surface area contributed by atoms with Gasteiger partial charge in [-0.05, 0) is 56.4 Å². The molecule has 0 radical (unpaired) electrons. The number of halogens is 2. The summed E-state index contributed by atoms with van der Waals surface area (Å²) < 4.78 is 18.6. The predicted molar refractivity (Wildman–Crippen MR) is 93.2 cm³/mol. The Morgan fingerprint density at radius 3 is 3.00 bits per heavy atom. The molecule has 1 unspecified atom stereocenters. The number of carbonyl (C=O) groups is 1. The fraction of sp³-hybridized carbons (Fsp3) is 0.444. The first kappa shape index (κ1) is 17.7. The first-order valence-corrected chi connectivity index (χ1v) is 8.87. The van der Waals surface area contributed by atoms with Crippen LogP contribution < -0.4 is 10.1 Å². The van der Waals surface area contributed by atoms with Gasteiger partial charge in [-0.2, -0.15) is 5.10 Å². The molecular weight excluding hydrogens is 345 g/mol. The smallest absolute Gasteiger partial charge is 0.261 e. The number of hydrogen-bond acceptors (Lipinski definition) is 3. The molecule has 25 heavy (non-hydrogen) atoms. The third-order valence-corrected chi connectivity index (χ3v) is 4.68. The fourth-order valence-electron chi connectivity index (χ4n) is 3.00. The number of nitrogens with zero attached hydrogens (tertiary/aromatic N) is 1.